The third kappa shape index (κ3) is 31.3. The van der Waals surface area contributed by atoms with Gasteiger partial charge in [-0.05, 0) is 158 Å². The zero-order valence-electron chi connectivity index (χ0n) is 68.4. The molecule has 40 nitrogen and oxygen atoms in total. The predicted molar refractivity (Wildman–Crippen MR) is 445 cm³/mol. The average molecular weight is 1700 g/mol. The number of aliphatic hydroxyl groups is 2. The number of nitrogens with two attached hydrogens (primary N) is 5. The van der Waals surface area contributed by atoms with E-state index in [4.69, 9.17) is 38.5 Å². The number of ether oxygens (including phenoxy) is 1. The van der Waals surface area contributed by atoms with Gasteiger partial charge < -0.3 is 117 Å². The lowest BCUT2D eigenvalue weighted by molar-refractivity contribution is -0.150. The molecule has 3 aromatic carbocycles. The Morgan fingerprint density at radius 2 is 1.26 bits per heavy atom. The Labute approximate surface area is 703 Å². The number of hydrogen-bond donors (Lipinski definition) is 20. The Hall–Kier alpha value is -11.9. The van der Waals surface area contributed by atoms with Crippen LogP contribution in [0.3, 0.4) is 0 Å². The van der Waals surface area contributed by atoms with E-state index in [2.05, 4.69) is 68.8 Å². The summed E-state index contributed by atoms with van der Waals surface area (Å²) in [6, 6.07) is 9.49. The summed E-state index contributed by atoms with van der Waals surface area (Å²) in [6.45, 7) is 5.06. The second kappa shape index (κ2) is 49.6. The molecule has 0 saturated carbocycles. The van der Waals surface area contributed by atoms with Crippen LogP contribution in [0.5, 0.6) is 0 Å². The first-order valence-corrected chi connectivity index (χ1v) is 40.6. The lowest BCUT2D eigenvalue weighted by Crippen LogP contribution is -2.61. The maximum atomic E-state index is 15.1. The highest BCUT2D eigenvalue weighted by atomic mass is 32.2. The number of fused-ring (bicyclic) bond motifs is 1. The van der Waals surface area contributed by atoms with E-state index in [0.717, 1.165) is 11.6 Å². The smallest absolute Gasteiger partial charge is 0.345 e. The normalized spacial score (nSPS) is 19.5. The van der Waals surface area contributed by atoms with Gasteiger partial charge in [-0.2, -0.15) is 9.78 Å². The van der Waals surface area contributed by atoms with Gasteiger partial charge in [0.15, 0.2) is 0 Å². The second-order valence-corrected chi connectivity index (χ2v) is 30.4. The fourth-order valence-corrected chi connectivity index (χ4v) is 13.6. The van der Waals surface area contributed by atoms with Gasteiger partial charge in [0.2, 0.25) is 65.0 Å². The molecular formula is C80H113N21O19S. The SMILES string of the molecule is CNC(=O)c1ccccc1Sc1ccc2c(/C=C/c3ccccn3)nn(C(=O)N(CCNC(=O)CC[C@H](N)C(=O)O)CC(C)OC(=O)CCC(=O)N[C@H](C(=O)N[C@@H](CCN)C(=O)N[C@H]3CCNC(=O)C([C@@H](C)O)NC(=O)[C@H](CCN)NC(=O)[C@H](CCN)NC(=O)[C@H](CC(C)C)NC(=O)[C@@H](Cc4ccccc4)NC(=O)[C@H](CCN)NC3=O)[C@@H](C)O)c2c1. The van der Waals surface area contributed by atoms with Crippen molar-refractivity contribution in [3.05, 3.63) is 120 Å². The fraction of sp³-hybridized carbons (Fsp3) is 0.487. The van der Waals surface area contributed by atoms with Crippen molar-refractivity contribution in [3.8, 4) is 0 Å². The van der Waals surface area contributed by atoms with Gasteiger partial charge in [0.1, 0.15) is 66.5 Å². The van der Waals surface area contributed by atoms with Gasteiger partial charge in [-0.15, -0.1) is 0 Å². The number of nitrogens with one attached hydrogen (secondary N) is 12. The van der Waals surface area contributed by atoms with Crippen molar-refractivity contribution in [2.24, 2.45) is 34.6 Å². The molecule has 1 aliphatic rings. The molecule has 3 heterocycles. The number of aliphatic hydroxyl groups excluding tert-OH is 2. The number of hydrogen-bond acceptors (Lipinski definition) is 26. The van der Waals surface area contributed by atoms with Crippen molar-refractivity contribution in [1.82, 2.24) is 83.5 Å². The molecule has 2 aromatic heterocycles. The van der Waals surface area contributed by atoms with Crippen LogP contribution in [-0.4, -0.2) is 262 Å². The van der Waals surface area contributed by atoms with Gasteiger partial charge in [0, 0.05) is 67.3 Å². The third-order valence-electron chi connectivity index (χ3n) is 19.0. The van der Waals surface area contributed by atoms with Crippen LogP contribution in [-0.2, 0) is 73.5 Å². The number of benzene rings is 3. The molecule has 1 aliphatic heterocycles. The second-order valence-electron chi connectivity index (χ2n) is 29.3. The highest BCUT2D eigenvalue weighted by molar-refractivity contribution is 7.99. The molecule has 25 N–H and O–H groups in total. The number of carbonyl (C=O) groups is 15. The molecule has 658 valence electrons. The van der Waals surface area contributed by atoms with E-state index in [1.54, 1.807) is 123 Å². The van der Waals surface area contributed by atoms with Crippen molar-refractivity contribution < 1.29 is 92.0 Å². The van der Waals surface area contributed by atoms with Crippen LogP contribution in [0.1, 0.15) is 126 Å². The minimum atomic E-state index is -1.85. The number of carboxylic acid groups (broad SMARTS) is 1. The largest absolute Gasteiger partial charge is 0.480 e. The van der Waals surface area contributed by atoms with Crippen LogP contribution in [0.2, 0.25) is 0 Å². The van der Waals surface area contributed by atoms with E-state index in [9.17, 15) is 82.4 Å². The number of nitrogens with zero attached hydrogens (tertiary/aromatic N) is 4. The summed E-state index contributed by atoms with van der Waals surface area (Å²) in [7, 11) is 1.50. The molecule has 0 aliphatic carbocycles. The van der Waals surface area contributed by atoms with E-state index in [0.29, 0.717) is 43.2 Å². The summed E-state index contributed by atoms with van der Waals surface area (Å²) in [5.41, 5.74) is 31.5. The summed E-state index contributed by atoms with van der Waals surface area (Å²) in [4.78, 5) is 216. The van der Waals surface area contributed by atoms with Gasteiger partial charge in [-0.3, -0.25) is 72.1 Å². The lowest BCUT2D eigenvalue weighted by Gasteiger charge is -2.28. The molecule has 5 aromatic rings. The minimum Gasteiger partial charge on any atom is -0.480 e. The Morgan fingerprint density at radius 3 is 1.87 bits per heavy atom. The van der Waals surface area contributed by atoms with E-state index in [-0.39, 0.29) is 109 Å². The quantitative estimate of drug-likeness (QED) is 0.0174. The van der Waals surface area contributed by atoms with Crippen LogP contribution in [0.15, 0.2) is 107 Å². The van der Waals surface area contributed by atoms with E-state index in [1.807, 2.05) is 0 Å². The summed E-state index contributed by atoms with van der Waals surface area (Å²) >= 11 is 1.25. The van der Waals surface area contributed by atoms with Gasteiger partial charge in [-0.1, -0.05) is 74.1 Å². The van der Waals surface area contributed by atoms with Crippen LogP contribution in [0.25, 0.3) is 23.1 Å². The zero-order valence-corrected chi connectivity index (χ0v) is 69.2. The number of esters is 1. The molecule has 121 heavy (non-hydrogen) atoms. The molecule has 1 saturated heterocycles. The molecule has 13 atom stereocenters. The third-order valence-corrected chi connectivity index (χ3v) is 20.1. The van der Waals surface area contributed by atoms with E-state index in [1.165, 1.54) is 37.6 Å². The van der Waals surface area contributed by atoms with Crippen LogP contribution < -0.4 is 92.5 Å². The van der Waals surface area contributed by atoms with E-state index < -0.39 is 187 Å². The van der Waals surface area contributed by atoms with Crippen molar-refractivity contribution in [3.63, 3.8) is 0 Å². The maximum absolute atomic E-state index is 15.1. The van der Waals surface area contributed by atoms with Gasteiger partial charge in [0.05, 0.1) is 47.6 Å². The van der Waals surface area contributed by atoms with Crippen LogP contribution >= 0.6 is 11.8 Å². The van der Waals surface area contributed by atoms with Gasteiger partial charge in [0.25, 0.3) is 5.91 Å². The Bertz CT molecular complexity index is 4420. The number of aromatic nitrogens is 3. The Morgan fingerprint density at radius 1 is 0.661 bits per heavy atom. The Kier molecular flexibility index (Phi) is 40.2. The number of aliphatic carboxylic acids is 1. The summed E-state index contributed by atoms with van der Waals surface area (Å²) in [5, 5.41) is 67.0. The molecule has 0 spiro atoms. The molecule has 13 amide bonds. The monoisotopic (exact) mass is 1700 g/mol. The topological polar surface area (TPSA) is 634 Å². The standard InChI is InChI=1S/C80H113N21O19S/c1-44(2)40-60-75(113)92-55(27-32-81)70(108)91-58(30-35-84)74(112)98-67(46(4)102)77(115)89-37-31-59(73(111)90-56(28-33-82)72(110)96-61(76(114)95-60)41-48-14-8-7-9-15-48)93-71(109)57(29-34-83)94-78(116)68(47(5)103)97-65(105)25-26-66(106)120-45(3)43-100(39-38-88-64(104)24-22-53(85)79(117)118)80(119)101-62-42-50(121-63-18-11-10-17-52(63)69(107)86-6)20-21-51(62)54(99-101)23-19-49-16-12-13-36-87-49/h7-21,23,36,42,44-47,53,55-61,67-68,102-103H,22,24-35,37-41,43,81-85H2,1-6H3,(H,86,107)(H,88,104)(H,89,115)(H,90,111)(H,91,108)(H,92,113)(H,93,109)(H,94,116)(H,95,114)(H,96,110)(H,97,105)(H,98,112)(H,117,118)/b23-19+/t45?,46-,47-,53+,55+,56+,57+,58+,59+,60+,61-,67?,68+/m1/s1. The fourth-order valence-electron chi connectivity index (χ4n) is 12.6. The highest BCUT2D eigenvalue weighted by Gasteiger charge is 2.38. The molecular weight excluding hydrogens is 1590 g/mol. The summed E-state index contributed by atoms with van der Waals surface area (Å²) in [5.74, 6) is -13.4. The molecule has 0 radical (unpaired) electrons. The summed E-state index contributed by atoms with van der Waals surface area (Å²) < 4.78 is 6.85. The average Bonchev–Trinajstić information content (AvgIpc) is 1.63. The number of rotatable bonds is 37. The zero-order chi connectivity index (χ0) is 89.0. The van der Waals surface area contributed by atoms with E-state index >= 15 is 4.79 Å². The minimum absolute atomic E-state index is 0.00649. The lowest BCUT2D eigenvalue weighted by atomic mass is 10.00. The molecule has 6 rings (SSSR count). The first-order valence-electron chi connectivity index (χ1n) is 39.7. The van der Waals surface area contributed by atoms with Crippen molar-refractivity contribution in [2.75, 3.05) is 59.4 Å². The molecule has 2 unspecified atom stereocenters. The molecule has 1 fully saturated rings. The van der Waals surface area contributed by atoms with Crippen molar-refractivity contribution in [2.45, 2.75) is 194 Å². The Balaban J connectivity index is 1.22. The number of pyridine rings is 1. The van der Waals surface area contributed by atoms with Crippen LogP contribution in [0, 0.1) is 5.92 Å². The van der Waals surface area contributed by atoms with Gasteiger partial charge in [-0.25, -0.2) is 4.79 Å². The first kappa shape index (κ1) is 98.0. The summed E-state index contributed by atoms with van der Waals surface area (Å²) in [6.07, 6.45) is -3.05. The number of carboxylic acids is 1. The maximum Gasteiger partial charge on any atom is 0.345 e. The van der Waals surface area contributed by atoms with Crippen molar-refractivity contribution in [1.29, 1.82) is 0 Å². The highest BCUT2D eigenvalue weighted by Crippen LogP contribution is 2.34. The molecule has 41 heteroatoms. The number of amides is 13. The van der Waals surface area contributed by atoms with Crippen molar-refractivity contribution >= 4 is 124 Å². The predicted octanol–water partition coefficient (Wildman–Crippen LogP) is -3.27. The van der Waals surface area contributed by atoms with Gasteiger partial charge >= 0.3 is 18.0 Å². The molecule has 0 bridgehead atoms. The first-order chi connectivity index (χ1) is 57.7. The van der Waals surface area contributed by atoms with Crippen LogP contribution in [0.4, 0.5) is 4.79 Å². The number of carbonyl (C=O) groups excluding carboxylic acids is 14.